The van der Waals surface area contributed by atoms with E-state index in [1.54, 1.807) is 0 Å². The van der Waals surface area contributed by atoms with Gasteiger partial charge in [-0.3, -0.25) is 4.79 Å². The van der Waals surface area contributed by atoms with E-state index in [4.69, 9.17) is 0 Å². The Hall–Kier alpha value is -1.78. The van der Waals surface area contributed by atoms with Gasteiger partial charge >= 0.3 is 47.6 Å². The molecule has 0 amide bonds. The van der Waals surface area contributed by atoms with Crippen molar-refractivity contribution in [3.05, 3.63) is 12.2 Å². The maximum absolute atomic E-state index is 13.2. The molecular weight excluding hydrogens is 471 g/mol. The molecule has 0 aromatic carbocycles. The number of hydrogen-bond acceptors (Lipinski definition) is 1. The first kappa shape index (κ1) is 27.2. The summed E-state index contributed by atoms with van der Waals surface area (Å²) in [5.41, 5.74) is 0. The van der Waals surface area contributed by atoms with Gasteiger partial charge in [-0.2, -0.15) is 74.6 Å². The lowest BCUT2D eigenvalue weighted by Gasteiger charge is -2.42. The summed E-state index contributed by atoms with van der Waals surface area (Å²) in [6.07, 6.45) is -10.9. The van der Waals surface area contributed by atoms with Gasteiger partial charge in [-0.05, 0) is 12.2 Å². The molecule has 0 heterocycles. The fraction of sp³-hybridized carbons (Fsp3) is 0.727. The van der Waals surface area contributed by atoms with Crippen molar-refractivity contribution in [3.8, 4) is 0 Å². The number of rotatable bonds is 8. The Balaban J connectivity index is 6.72. The van der Waals surface area contributed by atoms with E-state index in [2.05, 4.69) is 0 Å². The highest BCUT2D eigenvalue weighted by Crippen LogP contribution is 2.63. The molecule has 0 aliphatic heterocycles. The molecule has 0 aliphatic rings. The van der Waals surface area contributed by atoms with Gasteiger partial charge in [-0.1, -0.05) is 0 Å². The highest BCUT2D eigenvalue weighted by molar-refractivity contribution is 5.65. The van der Waals surface area contributed by atoms with Crippen molar-refractivity contribution in [1.29, 1.82) is 0 Å². The number of allylic oxidation sites excluding steroid dienone is 2. The minimum atomic E-state index is -8.66. The smallest absolute Gasteiger partial charge is 0.299 e. The van der Waals surface area contributed by atoms with Gasteiger partial charge in [0, 0.05) is 0 Å². The third-order valence-corrected chi connectivity index (χ3v) is 3.13. The molecule has 172 valence electrons. The van der Waals surface area contributed by atoms with Crippen LogP contribution in [0.1, 0.15) is 0 Å². The lowest BCUT2D eigenvalue weighted by atomic mass is 9.89. The molecule has 0 saturated carbocycles. The Morgan fingerprint density at radius 2 is 0.690 bits per heavy atom. The van der Waals surface area contributed by atoms with Crippen molar-refractivity contribution in [2.45, 2.75) is 47.6 Å². The molecule has 0 aromatic heterocycles. The lowest BCUT2D eigenvalue weighted by Crippen LogP contribution is -2.74. The summed E-state index contributed by atoms with van der Waals surface area (Å²) >= 11 is 0. The van der Waals surface area contributed by atoms with Gasteiger partial charge in [0.05, 0.1) is 0 Å². The van der Waals surface area contributed by atoms with Crippen LogP contribution in [0.2, 0.25) is 0 Å². The first-order valence-corrected chi connectivity index (χ1v) is 6.15. The maximum Gasteiger partial charge on any atom is 0.460 e. The Morgan fingerprint density at radius 1 is 0.414 bits per heavy atom. The molecule has 0 saturated heterocycles. The lowest BCUT2D eigenvalue weighted by molar-refractivity contribution is -0.459. The Morgan fingerprint density at radius 3 is 0.966 bits per heavy atom. The molecule has 0 N–H and O–H groups in total. The zero-order chi connectivity index (χ0) is 24.1. The summed E-state index contributed by atoms with van der Waals surface area (Å²) in [7, 11) is 0. The molecule has 0 aliphatic carbocycles. The second-order valence-corrected chi connectivity index (χ2v) is 5.06. The van der Waals surface area contributed by atoms with Crippen molar-refractivity contribution < 1.29 is 79.4 Å². The van der Waals surface area contributed by atoms with Gasteiger partial charge in [0.1, 0.15) is 6.29 Å². The molecule has 0 unspecified atom stereocenters. The molecular formula is C11H3F17O. The third-order valence-electron chi connectivity index (χ3n) is 3.13. The zero-order valence-corrected chi connectivity index (χ0v) is 12.6. The van der Waals surface area contributed by atoms with Crippen LogP contribution in [0.4, 0.5) is 74.6 Å². The molecule has 18 heteroatoms. The molecule has 0 radical (unpaired) electrons. The van der Waals surface area contributed by atoms with Crippen molar-refractivity contribution in [2.24, 2.45) is 0 Å². The molecule has 0 atom stereocenters. The first-order chi connectivity index (χ1) is 12.3. The van der Waals surface area contributed by atoms with E-state index in [1.165, 1.54) is 0 Å². The van der Waals surface area contributed by atoms with Crippen molar-refractivity contribution >= 4 is 6.29 Å². The van der Waals surface area contributed by atoms with Gasteiger partial charge in [-0.15, -0.1) is 0 Å². The minimum Gasteiger partial charge on any atom is -0.299 e. The number of carbonyl (C=O) groups excluding carboxylic acids is 1. The first-order valence-electron chi connectivity index (χ1n) is 6.15. The van der Waals surface area contributed by atoms with Crippen molar-refractivity contribution in [3.63, 3.8) is 0 Å². The average Bonchev–Trinajstić information content (AvgIpc) is 2.50. The summed E-state index contributed by atoms with van der Waals surface area (Å²) in [4.78, 5) is 9.71. The van der Waals surface area contributed by atoms with Crippen molar-refractivity contribution in [1.82, 2.24) is 0 Å². The third kappa shape index (κ3) is 3.51. The van der Waals surface area contributed by atoms with Crippen LogP contribution < -0.4 is 0 Å². The number of alkyl halides is 17. The zero-order valence-electron chi connectivity index (χ0n) is 12.6. The normalized spacial score (nSPS) is 16.4. The number of carbonyl (C=O) groups is 1. The number of halogens is 17. The van der Waals surface area contributed by atoms with E-state index in [0.29, 0.717) is 0 Å². The monoisotopic (exact) mass is 474 g/mol. The van der Waals surface area contributed by atoms with Gasteiger partial charge in [0.2, 0.25) is 0 Å². The second kappa shape index (κ2) is 6.88. The van der Waals surface area contributed by atoms with Crippen LogP contribution in [0.3, 0.4) is 0 Å². The van der Waals surface area contributed by atoms with E-state index in [0.717, 1.165) is 0 Å². The molecule has 0 spiro atoms. The molecule has 0 aromatic rings. The van der Waals surface area contributed by atoms with Gasteiger partial charge in [0.15, 0.2) is 0 Å². The Labute approximate surface area is 147 Å². The van der Waals surface area contributed by atoms with Gasteiger partial charge in [0.25, 0.3) is 0 Å². The van der Waals surface area contributed by atoms with Crippen LogP contribution in [0.5, 0.6) is 0 Å². The fourth-order valence-corrected chi connectivity index (χ4v) is 1.44. The van der Waals surface area contributed by atoms with E-state index in [9.17, 15) is 79.4 Å². The van der Waals surface area contributed by atoms with Crippen LogP contribution in [0.25, 0.3) is 0 Å². The second-order valence-electron chi connectivity index (χ2n) is 5.06. The van der Waals surface area contributed by atoms with Gasteiger partial charge < -0.3 is 0 Å². The average molecular weight is 474 g/mol. The van der Waals surface area contributed by atoms with E-state index < -0.39 is 66.1 Å². The molecule has 0 rings (SSSR count). The summed E-state index contributed by atoms with van der Waals surface area (Å²) in [6.45, 7) is 0. The van der Waals surface area contributed by atoms with Gasteiger partial charge in [-0.25, -0.2) is 0 Å². The number of hydrogen-bond donors (Lipinski definition) is 0. The molecule has 0 bridgehead atoms. The summed E-state index contributed by atoms with van der Waals surface area (Å²) in [5.74, 6) is -56.8. The summed E-state index contributed by atoms with van der Waals surface area (Å²) in [5, 5.41) is 0. The maximum atomic E-state index is 13.2. The van der Waals surface area contributed by atoms with Crippen LogP contribution in [-0.4, -0.2) is 53.9 Å². The standard InChI is InChI=1S/C11H3F17O/c12-4(13,2-1-3-29)5(14,15)6(16,17)7(18,19)8(20,21)9(22,23)10(24,25)11(26,27)28/h1-3H. The van der Waals surface area contributed by atoms with E-state index in [1.807, 2.05) is 0 Å². The molecule has 0 fully saturated rings. The van der Waals surface area contributed by atoms with Crippen molar-refractivity contribution in [2.75, 3.05) is 0 Å². The van der Waals surface area contributed by atoms with E-state index in [-0.39, 0.29) is 0 Å². The van der Waals surface area contributed by atoms with Crippen LogP contribution in [-0.2, 0) is 4.79 Å². The number of aldehydes is 1. The van der Waals surface area contributed by atoms with E-state index >= 15 is 0 Å². The largest absolute Gasteiger partial charge is 0.460 e. The van der Waals surface area contributed by atoms with Crippen LogP contribution >= 0.6 is 0 Å². The highest BCUT2D eigenvalue weighted by Gasteiger charge is 2.95. The van der Waals surface area contributed by atoms with Crippen LogP contribution in [0, 0.1) is 0 Å². The predicted octanol–water partition coefficient (Wildman–Crippen LogP) is 5.75. The fourth-order valence-electron chi connectivity index (χ4n) is 1.44. The summed E-state index contributed by atoms with van der Waals surface area (Å²) < 4.78 is 217. The SMILES string of the molecule is O=CC=CC(F)(F)C(F)(F)C(F)(F)C(F)(F)C(F)(F)C(F)(F)C(F)(F)C(F)(F)F. The summed E-state index contributed by atoms with van der Waals surface area (Å²) in [6, 6.07) is 0. The van der Waals surface area contributed by atoms with Crippen LogP contribution in [0.15, 0.2) is 12.2 Å². The molecule has 1 nitrogen and oxygen atoms in total. The quantitative estimate of drug-likeness (QED) is 0.249. The topological polar surface area (TPSA) is 17.1 Å². The predicted molar refractivity (Wildman–Crippen MR) is 55.9 cm³/mol. The Kier molecular flexibility index (Phi) is 6.46. The molecule has 29 heavy (non-hydrogen) atoms. The highest BCUT2D eigenvalue weighted by atomic mass is 19.4. The Bertz CT molecular complexity index is 640. The minimum absolute atomic E-state index is 0.743.